The van der Waals surface area contributed by atoms with E-state index in [2.05, 4.69) is 52.4 Å². The molecule has 0 radical (unpaired) electrons. The highest BCUT2D eigenvalue weighted by Crippen LogP contribution is 2.24. The summed E-state index contributed by atoms with van der Waals surface area (Å²) in [5.41, 5.74) is 3.51. The maximum atomic E-state index is 9.25. The van der Waals surface area contributed by atoms with Crippen molar-refractivity contribution in [2.45, 2.75) is 19.0 Å². The summed E-state index contributed by atoms with van der Waals surface area (Å²) in [4.78, 5) is 4.83. The van der Waals surface area contributed by atoms with Gasteiger partial charge < -0.3 is 10.0 Å². The molecule has 1 aliphatic rings. The Bertz CT molecular complexity index is 625. The Morgan fingerprint density at radius 2 is 1.96 bits per heavy atom. The SMILES string of the molecule is CN1CCN(Cc2cn(C)nc2-c2ccccc2)CC1CCO. The molecule has 0 aliphatic carbocycles. The summed E-state index contributed by atoms with van der Waals surface area (Å²) in [7, 11) is 4.13. The zero-order chi connectivity index (χ0) is 16.2. The van der Waals surface area contributed by atoms with Crippen LogP contribution in [0.5, 0.6) is 0 Å². The third-order valence-electron chi connectivity index (χ3n) is 4.67. The van der Waals surface area contributed by atoms with Crippen LogP contribution in [-0.2, 0) is 13.6 Å². The summed E-state index contributed by atoms with van der Waals surface area (Å²) >= 11 is 0. The van der Waals surface area contributed by atoms with Gasteiger partial charge in [-0.1, -0.05) is 30.3 Å². The molecule has 0 spiro atoms. The third kappa shape index (κ3) is 3.80. The summed E-state index contributed by atoms with van der Waals surface area (Å²) in [6.45, 7) is 4.27. The Morgan fingerprint density at radius 3 is 2.70 bits per heavy atom. The molecule has 5 nitrogen and oxygen atoms in total. The maximum absolute atomic E-state index is 9.25. The first kappa shape index (κ1) is 16.2. The third-order valence-corrected chi connectivity index (χ3v) is 4.67. The first-order valence-corrected chi connectivity index (χ1v) is 8.28. The predicted octanol–water partition coefficient (Wildman–Crippen LogP) is 1.59. The number of rotatable bonds is 5. The number of likely N-dealkylation sites (N-methyl/N-ethyl adjacent to an activating group) is 1. The summed E-state index contributed by atoms with van der Waals surface area (Å²) in [5, 5.41) is 13.9. The van der Waals surface area contributed by atoms with Crippen LogP contribution in [0.1, 0.15) is 12.0 Å². The van der Waals surface area contributed by atoms with Gasteiger partial charge >= 0.3 is 0 Å². The molecule has 1 unspecified atom stereocenters. The summed E-state index contributed by atoms with van der Waals surface area (Å²) in [5.74, 6) is 0. The second-order valence-electron chi connectivity index (χ2n) is 6.42. The highest BCUT2D eigenvalue weighted by Gasteiger charge is 2.25. The smallest absolute Gasteiger partial charge is 0.0968 e. The number of aryl methyl sites for hydroxylation is 1. The standard InChI is InChI=1S/C18H26N4O/c1-20-9-10-22(14-17(20)8-11-23)13-16-12-21(2)19-18(16)15-6-4-3-5-7-15/h3-7,12,17,23H,8-11,13-14H2,1-2H3. The molecule has 0 amide bonds. The van der Waals surface area contributed by atoms with E-state index < -0.39 is 0 Å². The van der Waals surface area contributed by atoms with Crippen molar-refractivity contribution in [2.75, 3.05) is 33.3 Å². The Morgan fingerprint density at radius 1 is 1.17 bits per heavy atom. The van der Waals surface area contributed by atoms with Crippen LogP contribution in [0, 0.1) is 0 Å². The molecule has 1 fully saturated rings. The Hall–Kier alpha value is -1.69. The molecule has 1 atom stereocenters. The van der Waals surface area contributed by atoms with Crippen molar-refractivity contribution < 1.29 is 5.11 Å². The topological polar surface area (TPSA) is 44.5 Å². The van der Waals surface area contributed by atoms with Crippen molar-refractivity contribution in [3.05, 3.63) is 42.1 Å². The molecular weight excluding hydrogens is 288 g/mol. The van der Waals surface area contributed by atoms with Crippen LogP contribution in [0.15, 0.2) is 36.5 Å². The monoisotopic (exact) mass is 314 g/mol. The number of hydrogen-bond donors (Lipinski definition) is 1. The molecule has 1 aromatic carbocycles. The number of piperazine rings is 1. The molecule has 23 heavy (non-hydrogen) atoms. The van der Waals surface area contributed by atoms with Gasteiger partial charge in [-0.3, -0.25) is 9.58 Å². The minimum Gasteiger partial charge on any atom is -0.396 e. The van der Waals surface area contributed by atoms with E-state index in [0.29, 0.717) is 6.04 Å². The lowest BCUT2D eigenvalue weighted by Gasteiger charge is -2.39. The lowest BCUT2D eigenvalue weighted by Crippen LogP contribution is -2.51. The second kappa shape index (κ2) is 7.25. The number of benzene rings is 1. The normalized spacial score (nSPS) is 20.0. The zero-order valence-corrected chi connectivity index (χ0v) is 14.0. The molecule has 1 N–H and O–H groups in total. The fraction of sp³-hybridized carbons (Fsp3) is 0.500. The van der Waals surface area contributed by atoms with Crippen LogP contribution in [0.4, 0.5) is 0 Å². The van der Waals surface area contributed by atoms with Gasteiger partial charge in [0, 0.05) is 63.2 Å². The summed E-state index contributed by atoms with van der Waals surface area (Å²) in [6, 6.07) is 10.8. The fourth-order valence-corrected chi connectivity index (χ4v) is 3.35. The molecule has 0 bridgehead atoms. The quantitative estimate of drug-likeness (QED) is 0.910. The van der Waals surface area contributed by atoms with E-state index in [1.54, 1.807) is 0 Å². The number of nitrogens with zero attached hydrogens (tertiary/aromatic N) is 4. The summed E-state index contributed by atoms with van der Waals surface area (Å²) < 4.78 is 1.90. The molecule has 2 heterocycles. The molecule has 1 aromatic heterocycles. The van der Waals surface area contributed by atoms with Gasteiger partial charge in [-0.15, -0.1) is 0 Å². The van der Waals surface area contributed by atoms with E-state index in [-0.39, 0.29) is 6.61 Å². The van der Waals surface area contributed by atoms with E-state index in [4.69, 9.17) is 0 Å². The van der Waals surface area contributed by atoms with Gasteiger partial charge in [-0.2, -0.15) is 5.10 Å². The van der Waals surface area contributed by atoms with Gasteiger partial charge in [0.05, 0.1) is 5.69 Å². The number of hydrogen-bond acceptors (Lipinski definition) is 4. The Balaban J connectivity index is 1.76. The molecule has 0 saturated carbocycles. The first-order valence-electron chi connectivity index (χ1n) is 8.28. The average Bonchev–Trinajstić information content (AvgIpc) is 2.92. The van der Waals surface area contributed by atoms with Gasteiger partial charge in [-0.05, 0) is 13.5 Å². The van der Waals surface area contributed by atoms with Crippen LogP contribution in [0.2, 0.25) is 0 Å². The van der Waals surface area contributed by atoms with Crippen LogP contribution in [0.25, 0.3) is 11.3 Å². The van der Waals surface area contributed by atoms with Crippen LogP contribution >= 0.6 is 0 Å². The molecule has 124 valence electrons. The Kier molecular flexibility index (Phi) is 5.10. The van der Waals surface area contributed by atoms with Crippen molar-refractivity contribution >= 4 is 0 Å². The number of aliphatic hydroxyl groups is 1. The molecule has 5 heteroatoms. The van der Waals surface area contributed by atoms with Crippen molar-refractivity contribution in [3.8, 4) is 11.3 Å². The number of aliphatic hydroxyl groups excluding tert-OH is 1. The van der Waals surface area contributed by atoms with Gasteiger partial charge in [0.25, 0.3) is 0 Å². The first-order chi connectivity index (χ1) is 11.2. The van der Waals surface area contributed by atoms with Crippen LogP contribution in [-0.4, -0.2) is 64.0 Å². The van der Waals surface area contributed by atoms with Gasteiger partial charge in [0.15, 0.2) is 0 Å². The van der Waals surface area contributed by atoms with Gasteiger partial charge in [0.2, 0.25) is 0 Å². The van der Waals surface area contributed by atoms with Crippen LogP contribution < -0.4 is 0 Å². The van der Waals surface area contributed by atoms with Crippen molar-refractivity contribution in [3.63, 3.8) is 0 Å². The minimum atomic E-state index is 0.255. The van der Waals surface area contributed by atoms with E-state index in [9.17, 15) is 5.11 Å². The second-order valence-corrected chi connectivity index (χ2v) is 6.42. The highest BCUT2D eigenvalue weighted by molar-refractivity contribution is 5.62. The largest absolute Gasteiger partial charge is 0.396 e. The maximum Gasteiger partial charge on any atom is 0.0968 e. The molecular formula is C18H26N4O. The average molecular weight is 314 g/mol. The van der Waals surface area contributed by atoms with E-state index in [1.165, 1.54) is 11.1 Å². The minimum absolute atomic E-state index is 0.255. The zero-order valence-electron chi connectivity index (χ0n) is 14.0. The van der Waals surface area contributed by atoms with Gasteiger partial charge in [0.1, 0.15) is 0 Å². The van der Waals surface area contributed by atoms with E-state index in [0.717, 1.165) is 38.3 Å². The Labute approximate surface area is 138 Å². The van der Waals surface area contributed by atoms with Crippen molar-refractivity contribution in [2.24, 2.45) is 7.05 Å². The number of aromatic nitrogens is 2. The molecule has 1 aliphatic heterocycles. The van der Waals surface area contributed by atoms with Crippen molar-refractivity contribution in [1.82, 2.24) is 19.6 Å². The molecule has 1 saturated heterocycles. The summed E-state index contributed by atoms with van der Waals surface area (Å²) in [6.07, 6.45) is 2.97. The lowest BCUT2D eigenvalue weighted by atomic mass is 10.1. The molecule has 2 aromatic rings. The van der Waals surface area contributed by atoms with E-state index in [1.807, 2.05) is 17.8 Å². The van der Waals surface area contributed by atoms with Crippen molar-refractivity contribution in [1.29, 1.82) is 0 Å². The van der Waals surface area contributed by atoms with Crippen LogP contribution in [0.3, 0.4) is 0 Å². The lowest BCUT2D eigenvalue weighted by molar-refractivity contribution is 0.0744. The molecule has 3 rings (SSSR count). The fourth-order valence-electron chi connectivity index (χ4n) is 3.35. The van der Waals surface area contributed by atoms with Gasteiger partial charge in [-0.25, -0.2) is 0 Å². The van der Waals surface area contributed by atoms with E-state index >= 15 is 0 Å². The predicted molar refractivity (Wildman–Crippen MR) is 92.0 cm³/mol. The highest BCUT2D eigenvalue weighted by atomic mass is 16.3.